The largest absolute Gasteiger partial charge is 0.444 e. The van der Waals surface area contributed by atoms with Crippen LogP contribution in [-0.2, 0) is 9.47 Å². The quantitative estimate of drug-likeness (QED) is 0.710. The van der Waals surface area contributed by atoms with Crippen molar-refractivity contribution in [3.05, 3.63) is 0 Å². The number of carbonyl (C=O) groups excluding carboxylic acids is 2. The SMILES string of the molecule is CC(C)(C)OC(=O)N(CN)CCN(CCN)C(=O)OC(C)(C)C. The molecule has 0 aliphatic rings. The number of amides is 2. The van der Waals surface area contributed by atoms with Crippen LogP contribution in [0.3, 0.4) is 0 Å². The van der Waals surface area contributed by atoms with Crippen molar-refractivity contribution >= 4 is 12.2 Å². The molecule has 0 rings (SSSR count). The number of hydrogen-bond donors (Lipinski definition) is 2. The number of nitrogens with two attached hydrogens (primary N) is 2. The number of carbonyl (C=O) groups is 2. The van der Waals surface area contributed by atoms with Gasteiger partial charge in [-0.15, -0.1) is 0 Å². The van der Waals surface area contributed by atoms with E-state index >= 15 is 0 Å². The van der Waals surface area contributed by atoms with E-state index in [0.717, 1.165) is 0 Å². The average molecular weight is 332 g/mol. The fourth-order valence-electron chi connectivity index (χ4n) is 1.60. The maximum Gasteiger partial charge on any atom is 0.411 e. The third-order valence-corrected chi connectivity index (χ3v) is 2.56. The molecule has 0 fully saturated rings. The summed E-state index contributed by atoms with van der Waals surface area (Å²) in [5, 5.41) is 0. The fourth-order valence-corrected chi connectivity index (χ4v) is 1.60. The van der Waals surface area contributed by atoms with Gasteiger partial charge in [-0.05, 0) is 41.5 Å². The second-order valence-electron chi connectivity index (χ2n) is 7.18. The van der Waals surface area contributed by atoms with Gasteiger partial charge in [0.15, 0.2) is 0 Å². The van der Waals surface area contributed by atoms with E-state index in [1.165, 1.54) is 9.80 Å². The first-order chi connectivity index (χ1) is 10.4. The van der Waals surface area contributed by atoms with Crippen LogP contribution in [0.15, 0.2) is 0 Å². The lowest BCUT2D eigenvalue weighted by Crippen LogP contribution is -2.47. The molecule has 2 amide bonds. The second-order valence-corrected chi connectivity index (χ2v) is 7.18. The summed E-state index contributed by atoms with van der Waals surface area (Å²) in [6.07, 6.45) is -0.985. The molecule has 0 aromatic carbocycles. The van der Waals surface area contributed by atoms with Crippen molar-refractivity contribution in [2.24, 2.45) is 11.5 Å². The van der Waals surface area contributed by atoms with Crippen LogP contribution in [0.5, 0.6) is 0 Å². The Morgan fingerprint density at radius 2 is 1.17 bits per heavy atom. The lowest BCUT2D eigenvalue weighted by atomic mass is 10.2. The fraction of sp³-hybridized carbons (Fsp3) is 0.867. The van der Waals surface area contributed by atoms with Crippen LogP contribution in [0.1, 0.15) is 41.5 Å². The van der Waals surface area contributed by atoms with E-state index in [9.17, 15) is 9.59 Å². The topological polar surface area (TPSA) is 111 Å². The molecule has 136 valence electrons. The van der Waals surface area contributed by atoms with Gasteiger partial charge in [0.05, 0.1) is 6.67 Å². The summed E-state index contributed by atoms with van der Waals surface area (Å²) < 4.78 is 10.6. The molecule has 8 heteroatoms. The van der Waals surface area contributed by atoms with Crippen LogP contribution in [0, 0.1) is 0 Å². The second kappa shape index (κ2) is 8.93. The Morgan fingerprint density at radius 1 is 0.783 bits per heavy atom. The van der Waals surface area contributed by atoms with Crippen LogP contribution in [-0.4, -0.2) is 66.0 Å². The molecule has 0 unspecified atom stereocenters. The van der Waals surface area contributed by atoms with Gasteiger partial charge in [0.2, 0.25) is 0 Å². The molecule has 23 heavy (non-hydrogen) atoms. The highest BCUT2D eigenvalue weighted by Gasteiger charge is 2.25. The normalized spacial score (nSPS) is 11.8. The number of hydrogen-bond acceptors (Lipinski definition) is 6. The first-order valence-corrected chi connectivity index (χ1v) is 7.75. The van der Waals surface area contributed by atoms with Crippen LogP contribution >= 0.6 is 0 Å². The molecule has 0 atom stereocenters. The number of rotatable bonds is 6. The Kier molecular flexibility index (Phi) is 8.33. The maximum atomic E-state index is 12.1. The third-order valence-electron chi connectivity index (χ3n) is 2.56. The van der Waals surface area contributed by atoms with E-state index in [4.69, 9.17) is 20.9 Å². The summed E-state index contributed by atoms with van der Waals surface area (Å²) in [6, 6.07) is 0. The van der Waals surface area contributed by atoms with Crippen molar-refractivity contribution < 1.29 is 19.1 Å². The van der Waals surface area contributed by atoms with Gasteiger partial charge in [-0.3, -0.25) is 4.90 Å². The first-order valence-electron chi connectivity index (χ1n) is 7.75. The summed E-state index contributed by atoms with van der Waals surface area (Å²) in [5.41, 5.74) is 9.93. The monoisotopic (exact) mass is 332 g/mol. The minimum Gasteiger partial charge on any atom is -0.444 e. The van der Waals surface area contributed by atoms with Crippen molar-refractivity contribution in [1.29, 1.82) is 0 Å². The summed E-state index contributed by atoms with van der Waals surface area (Å²) in [4.78, 5) is 26.9. The van der Waals surface area contributed by atoms with E-state index in [2.05, 4.69) is 0 Å². The molecule has 0 radical (unpaired) electrons. The molecule has 0 saturated carbocycles. The molecular weight excluding hydrogens is 300 g/mol. The van der Waals surface area contributed by atoms with Gasteiger partial charge < -0.3 is 25.8 Å². The highest BCUT2D eigenvalue weighted by molar-refractivity contribution is 5.69. The molecule has 0 aliphatic heterocycles. The standard InChI is InChI=1S/C15H32N4O4/c1-14(2,3)22-12(20)18(8-7-16)9-10-19(11-17)13(21)23-15(4,5)6/h7-11,16-17H2,1-6H3. The maximum absolute atomic E-state index is 12.1. The van der Waals surface area contributed by atoms with Crippen LogP contribution in [0.2, 0.25) is 0 Å². The van der Waals surface area contributed by atoms with Crippen molar-refractivity contribution in [3.8, 4) is 0 Å². The minimum atomic E-state index is -0.605. The zero-order chi connectivity index (χ0) is 18.3. The van der Waals surface area contributed by atoms with E-state index in [0.29, 0.717) is 13.1 Å². The zero-order valence-electron chi connectivity index (χ0n) is 15.2. The molecule has 0 aromatic heterocycles. The van der Waals surface area contributed by atoms with Gasteiger partial charge in [-0.2, -0.15) is 0 Å². The summed E-state index contributed by atoms with van der Waals surface area (Å²) in [5.74, 6) is 0. The van der Waals surface area contributed by atoms with Crippen molar-refractivity contribution in [1.82, 2.24) is 9.80 Å². The van der Waals surface area contributed by atoms with Crippen LogP contribution in [0.4, 0.5) is 9.59 Å². The molecule has 0 spiro atoms. The lowest BCUT2D eigenvalue weighted by Gasteiger charge is -2.30. The molecule has 0 aromatic rings. The lowest BCUT2D eigenvalue weighted by molar-refractivity contribution is 0.0142. The van der Waals surface area contributed by atoms with Crippen LogP contribution in [0.25, 0.3) is 0 Å². The Labute approximate surface area is 139 Å². The van der Waals surface area contributed by atoms with Crippen molar-refractivity contribution in [2.45, 2.75) is 52.7 Å². The first kappa shape index (κ1) is 21.5. The van der Waals surface area contributed by atoms with Crippen LogP contribution < -0.4 is 11.5 Å². The highest BCUT2D eigenvalue weighted by Crippen LogP contribution is 2.11. The Bertz CT molecular complexity index is 388. The van der Waals surface area contributed by atoms with Gasteiger partial charge in [0.1, 0.15) is 11.2 Å². The average Bonchev–Trinajstić information content (AvgIpc) is 2.33. The van der Waals surface area contributed by atoms with E-state index in [1.807, 2.05) is 0 Å². The van der Waals surface area contributed by atoms with Gasteiger partial charge in [0, 0.05) is 26.2 Å². The summed E-state index contributed by atoms with van der Waals surface area (Å²) in [7, 11) is 0. The third kappa shape index (κ3) is 9.96. The van der Waals surface area contributed by atoms with Crippen molar-refractivity contribution in [2.75, 3.05) is 32.8 Å². The molecule has 0 aliphatic carbocycles. The molecule has 0 saturated heterocycles. The van der Waals surface area contributed by atoms with Gasteiger partial charge in [-0.25, -0.2) is 9.59 Å². The Hall–Kier alpha value is -1.54. The Balaban J connectivity index is 4.69. The predicted molar refractivity (Wildman–Crippen MR) is 88.9 cm³/mol. The van der Waals surface area contributed by atoms with E-state index in [1.54, 1.807) is 41.5 Å². The minimum absolute atomic E-state index is 0.000301. The van der Waals surface area contributed by atoms with Gasteiger partial charge >= 0.3 is 12.2 Å². The summed E-state index contributed by atoms with van der Waals surface area (Å²) in [6.45, 7) is 11.8. The Morgan fingerprint density at radius 3 is 1.52 bits per heavy atom. The predicted octanol–water partition coefficient (Wildman–Crippen LogP) is 1.34. The molecular formula is C15H32N4O4. The van der Waals surface area contributed by atoms with Gasteiger partial charge in [0.25, 0.3) is 0 Å². The van der Waals surface area contributed by atoms with E-state index in [-0.39, 0.29) is 19.8 Å². The molecule has 4 N–H and O–H groups in total. The van der Waals surface area contributed by atoms with Gasteiger partial charge in [-0.1, -0.05) is 0 Å². The zero-order valence-corrected chi connectivity index (χ0v) is 15.2. The molecule has 0 bridgehead atoms. The summed E-state index contributed by atoms with van der Waals surface area (Å²) >= 11 is 0. The van der Waals surface area contributed by atoms with E-state index < -0.39 is 23.4 Å². The van der Waals surface area contributed by atoms with Crippen molar-refractivity contribution in [3.63, 3.8) is 0 Å². The number of ether oxygens (including phenoxy) is 2. The molecule has 8 nitrogen and oxygen atoms in total. The molecule has 0 heterocycles. The number of nitrogens with zero attached hydrogens (tertiary/aromatic N) is 2. The smallest absolute Gasteiger partial charge is 0.411 e. The highest BCUT2D eigenvalue weighted by atomic mass is 16.6.